The molecule has 7 nitrogen and oxygen atoms in total. The summed E-state index contributed by atoms with van der Waals surface area (Å²) in [5.41, 5.74) is 5.87. The molecule has 0 saturated heterocycles. The monoisotopic (exact) mass is 524 g/mol. The number of rotatable bonds is 8. The van der Waals surface area contributed by atoms with Gasteiger partial charge in [-0.1, -0.05) is 36.4 Å². The molecular formula is C30H32N6OS. The smallest absolute Gasteiger partial charge is 0.226 e. The molecule has 0 fully saturated rings. The number of amides is 1. The van der Waals surface area contributed by atoms with Gasteiger partial charge in [-0.2, -0.15) is 0 Å². The fourth-order valence-electron chi connectivity index (χ4n) is 5.38. The molecule has 8 heteroatoms. The Labute approximate surface area is 227 Å². The van der Waals surface area contributed by atoms with Crippen LogP contribution in [0.4, 0.5) is 11.5 Å². The van der Waals surface area contributed by atoms with Crippen molar-refractivity contribution in [2.24, 2.45) is 10.9 Å². The second kappa shape index (κ2) is 10.6. The van der Waals surface area contributed by atoms with Crippen LogP contribution in [0.25, 0.3) is 10.2 Å². The molecule has 194 valence electrons. The Morgan fingerprint density at radius 2 is 1.97 bits per heavy atom. The highest BCUT2D eigenvalue weighted by Crippen LogP contribution is 2.41. The molecule has 1 unspecified atom stereocenters. The van der Waals surface area contributed by atoms with E-state index in [2.05, 4.69) is 69.6 Å². The number of anilines is 2. The summed E-state index contributed by atoms with van der Waals surface area (Å²) in [6, 6.07) is 16.6. The number of benzene rings is 2. The van der Waals surface area contributed by atoms with E-state index in [1.165, 1.54) is 21.6 Å². The molecule has 0 spiro atoms. The van der Waals surface area contributed by atoms with Gasteiger partial charge in [0.2, 0.25) is 5.91 Å². The summed E-state index contributed by atoms with van der Waals surface area (Å²) in [5.74, 6) is 1.08. The van der Waals surface area contributed by atoms with E-state index in [1.54, 1.807) is 17.7 Å². The van der Waals surface area contributed by atoms with Crippen molar-refractivity contribution in [3.8, 4) is 0 Å². The van der Waals surface area contributed by atoms with E-state index in [0.717, 1.165) is 66.2 Å². The van der Waals surface area contributed by atoms with E-state index < -0.39 is 0 Å². The molecule has 2 aromatic heterocycles. The average Bonchev–Trinajstić information content (AvgIpc) is 3.55. The van der Waals surface area contributed by atoms with Gasteiger partial charge in [-0.3, -0.25) is 9.79 Å². The number of fused-ring (bicyclic) bond motifs is 4. The second-order valence-corrected chi connectivity index (χ2v) is 11.5. The summed E-state index contributed by atoms with van der Waals surface area (Å²) in [4.78, 5) is 33.8. The van der Waals surface area contributed by atoms with Crippen LogP contribution < -0.4 is 5.32 Å². The van der Waals surface area contributed by atoms with Gasteiger partial charge in [0, 0.05) is 42.3 Å². The minimum absolute atomic E-state index is 0.0122. The highest BCUT2D eigenvalue weighted by atomic mass is 32.1. The molecule has 1 aliphatic heterocycles. The molecule has 0 bridgehead atoms. The topological polar surface area (TPSA) is 73.7 Å². The van der Waals surface area contributed by atoms with Crippen molar-refractivity contribution in [1.29, 1.82) is 0 Å². The van der Waals surface area contributed by atoms with Crippen molar-refractivity contribution < 1.29 is 4.79 Å². The number of nitrogens with one attached hydrogen (secondary N) is 1. The van der Waals surface area contributed by atoms with Crippen molar-refractivity contribution in [2.45, 2.75) is 32.4 Å². The summed E-state index contributed by atoms with van der Waals surface area (Å²) in [6.07, 6.45) is 6.02. The van der Waals surface area contributed by atoms with Gasteiger partial charge in [0.1, 0.15) is 17.0 Å². The summed E-state index contributed by atoms with van der Waals surface area (Å²) < 4.78 is 0. The largest absolute Gasteiger partial charge is 0.340 e. The summed E-state index contributed by atoms with van der Waals surface area (Å²) in [6.45, 7) is 2.97. The molecule has 1 N–H and O–H groups in total. The van der Waals surface area contributed by atoms with Crippen molar-refractivity contribution in [3.05, 3.63) is 82.0 Å². The molecule has 2 aromatic carbocycles. The standard InChI is InChI=1S/C30H32N6OS/c1-35(2)12-13-36(18-20-6-4-3-5-7-20)30(37)21-9-11-25-26(15-21)38-29-27(25)28(32-19-33-29)34-24-10-8-22-16-31-17-23(22)14-24/h3-8,10,14,17,19,21H,9,11-13,15-16,18H2,1-2H3,(H,32,33,34). The number of thiophene rings is 1. The number of aliphatic imine (C=N–C) groups is 1. The lowest BCUT2D eigenvalue weighted by molar-refractivity contribution is -0.136. The Kier molecular flexibility index (Phi) is 6.91. The number of hydrogen-bond donors (Lipinski definition) is 1. The Bertz CT molecular complexity index is 1500. The van der Waals surface area contributed by atoms with E-state index in [0.29, 0.717) is 6.54 Å². The Morgan fingerprint density at radius 1 is 1.11 bits per heavy atom. The number of aromatic nitrogens is 2. The Hall–Kier alpha value is -3.62. The highest BCUT2D eigenvalue weighted by molar-refractivity contribution is 7.19. The normalized spacial score (nSPS) is 16.0. The first-order chi connectivity index (χ1) is 18.5. The molecule has 1 aliphatic carbocycles. The van der Waals surface area contributed by atoms with Crippen molar-refractivity contribution >= 4 is 45.2 Å². The zero-order chi connectivity index (χ0) is 26.1. The van der Waals surface area contributed by atoms with E-state index in [4.69, 9.17) is 0 Å². The SMILES string of the molecule is CN(C)CCN(Cc1ccccc1)C(=O)C1CCc2c(sc3ncnc(Nc4ccc5c(c4)C=NC5)c23)C1. The van der Waals surface area contributed by atoms with Crippen LogP contribution in [0.3, 0.4) is 0 Å². The first kappa shape index (κ1) is 24.7. The van der Waals surface area contributed by atoms with Crippen LogP contribution in [-0.4, -0.2) is 59.1 Å². The first-order valence-corrected chi connectivity index (χ1v) is 14.0. The molecule has 1 atom stereocenters. The van der Waals surface area contributed by atoms with Crippen LogP contribution in [0.15, 0.2) is 59.9 Å². The zero-order valence-corrected chi connectivity index (χ0v) is 22.7. The maximum atomic E-state index is 13.8. The number of carbonyl (C=O) groups is 1. The van der Waals surface area contributed by atoms with Gasteiger partial charge in [-0.15, -0.1) is 11.3 Å². The summed E-state index contributed by atoms with van der Waals surface area (Å²) in [5, 5.41) is 4.63. The Morgan fingerprint density at radius 3 is 2.82 bits per heavy atom. The van der Waals surface area contributed by atoms with Crippen LogP contribution in [0.2, 0.25) is 0 Å². The van der Waals surface area contributed by atoms with Gasteiger partial charge >= 0.3 is 0 Å². The number of aryl methyl sites for hydroxylation is 1. The van der Waals surface area contributed by atoms with Crippen LogP contribution in [0, 0.1) is 5.92 Å². The lowest BCUT2D eigenvalue weighted by Gasteiger charge is -2.30. The van der Waals surface area contributed by atoms with Crippen LogP contribution in [0.5, 0.6) is 0 Å². The van der Waals surface area contributed by atoms with Crippen molar-refractivity contribution in [3.63, 3.8) is 0 Å². The van der Waals surface area contributed by atoms with Crippen LogP contribution in [0.1, 0.15) is 33.6 Å². The molecule has 2 aliphatic rings. The number of carbonyl (C=O) groups excluding carboxylic acids is 1. The molecule has 3 heterocycles. The number of hydrogen-bond acceptors (Lipinski definition) is 7. The van der Waals surface area contributed by atoms with Gasteiger partial charge in [0.15, 0.2) is 0 Å². The van der Waals surface area contributed by atoms with Gasteiger partial charge in [-0.25, -0.2) is 9.97 Å². The fraction of sp³-hybridized carbons (Fsp3) is 0.333. The zero-order valence-electron chi connectivity index (χ0n) is 21.9. The molecular weight excluding hydrogens is 492 g/mol. The third-order valence-corrected chi connectivity index (χ3v) is 8.60. The predicted octanol–water partition coefficient (Wildman–Crippen LogP) is 5.06. The quantitative estimate of drug-likeness (QED) is 0.349. The fourth-order valence-corrected chi connectivity index (χ4v) is 6.65. The molecule has 38 heavy (non-hydrogen) atoms. The lowest BCUT2D eigenvalue weighted by atomic mass is 9.86. The highest BCUT2D eigenvalue weighted by Gasteiger charge is 2.31. The van der Waals surface area contributed by atoms with E-state index in [1.807, 2.05) is 29.3 Å². The predicted molar refractivity (Wildman–Crippen MR) is 154 cm³/mol. The minimum atomic E-state index is -0.0122. The maximum absolute atomic E-state index is 13.8. The van der Waals surface area contributed by atoms with Gasteiger partial charge < -0.3 is 15.1 Å². The molecule has 0 radical (unpaired) electrons. The molecule has 0 saturated carbocycles. The molecule has 6 rings (SSSR count). The summed E-state index contributed by atoms with van der Waals surface area (Å²) in [7, 11) is 4.11. The first-order valence-electron chi connectivity index (χ1n) is 13.2. The number of nitrogens with zero attached hydrogens (tertiary/aromatic N) is 5. The van der Waals surface area contributed by atoms with Gasteiger partial charge in [0.05, 0.1) is 11.9 Å². The third-order valence-electron chi connectivity index (χ3n) is 7.44. The number of likely N-dealkylation sites (N-methyl/N-ethyl adjacent to an activating group) is 1. The molecule has 4 aromatic rings. The average molecular weight is 525 g/mol. The van der Waals surface area contributed by atoms with Crippen molar-refractivity contribution in [1.82, 2.24) is 19.8 Å². The van der Waals surface area contributed by atoms with Crippen LogP contribution in [-0.2, 0) is 30.7 Å². The van der Waals surface area contributed by atoms with Gasteiger partial charge in [0.25, 0.3) is 0 Å². The Balaban J connectivity index is 1.24. The lowest BCUT2D eigenvalue weighted by Crippen LogP contribution is -2.41. The van der Waals surface area contributed by atoms with Gasteiger partial charge in [-0.05, 0) is 67.7 Å². The summed E-state index contributed by atoms with van der Waals surface area (Å²) >= 11 is 1.71. The second-order valence-electron chi connectivity index (χ2n) is 10.4. The maximum Gasteiger partial charge on any atom is 0.226 e. The van der Waals surface area contributed by atoms with E-state index in [-0.39, 0.29) is 11.8 Å². The third kappa shape index (κ3) is 5.06. The van der Waals surface area contributed by atoms with E-state index >= 15 is 0 Å². The van der Waals surface area contributed by atoms with E-state index in [9.17, 15) is 4.79 Å². The van der Waals surface area contributed by atoms with Crippen molar-refractivity contribution in [2.75, 3.05) is 32.5 Å². The molecule has 1 amide bonds. The minimum Gasteiger partial charge on any atom is -0.340 e. The van der Waals surface area contributed by atoms with Crippen LogP contribution >= 0.6 is 11.3 Å².